The Bertz CT molecular complexity index is 1570. The zero-order valence-corrected chi connectivity index (χ0v) is 22.6. The van der Waals surface area contributed by atoms with E-state index < -0.39 is 39.8 Å². The summed E-state index contributed by atoms with van der Waals surface area (Å²) in [6, 6.07) is 11.2. The Morgan fingerprint density at radius 2 is 1.84 bits per heavy atom. The third-order valence-electron chi connectivity index (χ3n) is 5.66. The second-order valence-corrected chi connectivity index (χ2v) is 11.8. The Morgan fingerprint density at radius 3 is 2.47 bits per heavy atom. The van der Waals surface area contributed by atoms with Gasteiger partial charge in [-0.15, -0.1) is 11.6 Å². The van der Waals surface area contributed by atoms with E-state index in [1.54, 1.807) is 53.9 Å². The van der Waals surface area contributed by atoms with Crippen molar-refractivity contribution >= 4 is 50.5 Å². The van der Waals surface area contributed by atoms with Gasteiger partial charge in [0.15, 0.2) is 9.84 Å². The third kappa shape index (κ3) is 6.26. The summed E-state index contributed by atoms with van der Waals surface area (Å²) in [7, 11) is -3.43. The molecule has 2 unspecified atom stereocenters. The van der Waals surface area contributed by atoms with Gasteiger partial charge in [0, 0.05) is 17.5 Å². The van der Waals surface area contributed by atoms with Gasteiger partial charge < -0.3 is 9.88 Å². The lowest BCUT2D eigenvalue weighted by atomic mass is 9.98. The maximum Gasteiger partial charge on any atom is 0.405 e. The Balaban J connectivity index is 1.78. The second kappa shape index (κ2) is 10.8. The maximum absolute atomic E-state index is 12.7. The zero-order valence-electron chi connectivity index (χ0n) is 19.5. The van der Waals surface area contributed by atoms with Gasteiger partial charge in [-0.2, -0.15) is 13.2 Å². The zero-order chi connectivity index (χ0) is 27.8. The number of nitrogens with one attached hydrogen (secondary N) is 1. The molecule has 1 heterocycles. The molecule has 1 N–H and O–H groups in total. The number of aromatic nitrogens is 2. The molecule has 0 fully saturated rings. The van der Waals surface area contributed by atoms with Gasteiger partial charge in [-0.1, -0.05) is 53.6 Å². The molecule has 38 heavy (non-hydrogen) atoms. The van der Waals surface area contributed by atoms with Crippen molar-refractivity contribution in [3.05, 3.63) is 88.5 Å². The lowest BCUT2D eigenvalue weighted by Gasteiger charge is -2.23. The Kier molecular flexibility index (Phi) is 7.99. The van der Waals surface area contributed by atoms with E-state index in [2.05, 4.69) is 4.98 Å². The molecular weight excluding hydrogens is 586 g/mol. The molecule has 0 aliphatic heterocycles. The highest BCUT2D eigenvalue weighted by Gasteiger charge is 2.32. The molecule has 13 heteroatoms. The summed E-state index contributed by atoms with van der Waals surface area (Å²) >= 11 is 19.5. The van der Waals surface area contributed by atoms with E-state index >= 15 is 0 Å². The number of carbonyl (C=O) groups is 1. The summed E-state index contributed by atoms with van der Waals surface area (Å²) in [6.07, 6.45) is 2.70. The third-order valence-corrected chi connectivity index (χ3v) is 7.83. The van der Waals surface area contributed by atoms with Crippen LogP contribution in [0.25, 0.3) is 16.8 Å². The first kappa shape index (κ1) is 28.2. The number of carbonyl (C=O) groups excluding carboxylic acids is 1. The molecule has 2 aromatic carbocycles. The first-order valence-electron chi connectivity index (χ1n) is 11.0. The number of hydrogen-bond acceptors (Lipinski definition) is 4. The van der Waals surface area contributed by atoms with Crippen molar-refractivity contribution in [2.75, 3.05) is 12.8 Å². The van der Waals surface area contributed by atoms with Gasteiger partial charge >= 0.3 is 6.18 Å². The summed E-state index contributed by atoms with van der Waals surface area (Å²) in [5.74, 6) is -1.55. The summed E-state index contributed by atoms with van der Waals surface area (Å²) in [5, 5.41) is 1.66. The Hall–Kier alpha value is -2.79. The molecule has 0 radical (unpaired) electrons. The maximum atomic E-state index is 12.7. The molecule has 1 amide bonds. The quantitative estimate of drug-likeness (QED) is 0.336. The number of allylic oxidation sites excluding steroid dienone is 4. The van der Waals surface area contributed by atoms with E-state index in [-0.39, 0.29) is 21.4 Å². The fraction of sp³-hybridized carbons (Fsp3) is 0.200. The fourth-order valence-corrected chi connectivity index (χ4v) is 5.50. The highest BCUT2D eigenvalue weighted by Crippen LogP contribution is 2.39. The molecule has 4 rings (SSSR count). The van der Waals surface area contributed by atoms with Gasteiger partial charge in [-0.25, -0.2) is 13.4 Å². The van der Waals surface area contributed by atoms with Crippen LogP contribution in [0, 0.1) is 0 Å². The summed E-state index contributed by atoms with van der Waals surface area (Å²) in [5.41, 5.74) is 1.29. The number of benzene rings is 2. The van der Waals surface area contributed by atoms with Gasteiger partial charge in [-0.05, 0) is 41.5 Å². The summed E-state index contributed by atoms with van der Waals surface area (Å²) < 4.78 is 63.3. The van der Waals surface area contributed by atoms with Gasteiger partial charge in [0.2, 0.25) is 0 Å². The Labute approximate surface area is 231 Å². The minimum atomic E-state index is -4.60. The fourth-order valence-electron chi connectivity index (χ4n) is 3.86. The monoisotopic (exact) mass is 603 g/mol. The molecular formula is C25H19Cl3F3N3O3S. The highest BCUT2D eigenvalue weighted by atomic mass is 35.5. The predicted octanol–water partition coefficient (Wildman–Crippen LogP) is 6.27. The average Bonchev–Trinajstić information content (AvgIpc) is 3.26. The minimum Gasteiger partial charge on any atom is -0.342 e. The number of nitrogens with zero attached hydrogens (tertiary/aromatic N) is 2. The number of alkyl halides is 4. The number of halogens is 6. The lowest BCUT2D eigenvalue weighted by Crippen LogP contribution is -2.33. The molecule has 1 aliphatic carbocycles. The van der Waals surface area contributed by atoms with Crippen molar-refractivity contribution in [3.63, 3.8) is 0 Å². The molecule has 6 nitrogen and oxygen atoms in total. The first-order valence-corrected chi connectivity index (χ1v) is 14.1. The van der Waals surface area contributed by atoms with Crippen molar-refractivity contribution in [1.29, 1.82) is 0 Å². The highest BCUT2D eigenvalue weighted by molar-refractivity contribution is 7.90. The van der Waals surface area contributed by atoms with Crippen molar-refractivity contribution < 1.29 is 26.4 Å². The predicted molar refractivity (Wildman–Crippen MR) is 141 cm³/mol. The molecule has 0 bridgehead atoms. The lowest BCUT2D eigenvalue weighted by molar-refractivity contribution is -0.123. The van der Waals surface area contributed by atoms with E-state index in [1.165, 1.54) is 22.9 Å². The summed E-state index contributed by atoms with van der Waals surface area (Å²) in [4.78, 5) is 16.9. The van der Waals surface area contributed by atoms with E-state index in [0.717, 1.165) is 6.26 Å². The summed E-state index contributed by atoms with van der Waals surface area (Å²) in [6.45, 7) is -1.53. The molecule has 0 saturated carbocycles. The molecule has 0 spiro atoms. The SMILES string of the molecule is CS(=O)(=O)c1cccc(-c2ccc(-n3cc(C(=O)NCC(F)(F)F)nc3C3C(Cl)=CC=CC3Cl)c(Cl)c2)c1. The van der Waals surface area contributed by atoms with Crippen LogP contribution in [0.1, 0.15) is 22.2 Å². The van der Waals surface area contributed by atoms with Crippen LogP contribution in [-0.2, 0) is 9.84 Å². The van der Waals surface area contributed by atoms with Crippen molar-refractivity contribution in [3.8, 4) is 16.8 Å². The van der Waals surface area contributed by atoms with Crippen LogP contribution in [0.4, 0.5) is 13.2 Å². The normalized spacial score (nSPS) is 17.8. The van der Waals surface area contributed by atoms with Crippen molar-refractivity contribution in [1.82, 2.24) is 14.9 Å². The largest absolute Gasteiger partial charge is 0.405 e. The number of amides is 1. The van der Waals surface area contributed by atoms with E-state index in [9.17, 15) is 26.4 Å². The van der Waals surface area contributed by atoms with Gasteiger partial charge in [-0.3, -0.25) is 4.79 Å². The molecule has 3 aromatic rings. The topological polar surface area (TPSA) is 81.1 Å². The van der Waals surface area contributed by atoms with Gasteiger partial charge in [0.25, 0.3) is 5.91 Å². The second-order valence-electron chi connectivity index (χ2n) is 8.48. The smallest absolute Gasteiger partial charge is 0.342 e. The van der Waals surface area contributed by atoms with E-state index in [0.29, 0.717) is 21.8 Å². The van der Waals surface area contributed by atoms with E-state index in [4.69, 9.17) is 34.8 Å². The molecule has 0 saturated heterocycles. The van der Waals surface area contributed by atoms with Crippen LogP contribution in [0.2, 0.25) is 5.02 Å². The number of hydrogen-bond donors (Lipinski definition) is 1. The van der Waals surface area contributed by atoms with Crippen molar-refractivity contribution in [2.45, 2.75) is 22.4 Å². The van der Waals surface area contributed by atoms with Gasteiger partial charge in [0.05, 0.1) is 26.9 Å². The van der Waals surface area contributed by atoms with Crippen LogP contribution >= 0.6 is 34.8 Å². The molecule has 1 aromatic heterocycles. The Morgan fingerprint density at radius 1 is 1.13 bits per heavy atom. The van der Waals surface area contributed by atoms with Crippen LogP contribution < -0.4 is 5.32 Å². The first-order chi connectivity index (χ1) is 17.7. The number of sulfone groups is 1. The van der Waals surface area contributed by atoms with Crippen LogP contribution in [0.15, 0.2) is 76.8 Å². The molecule has 2 atom stereocenters. The van der Waals surface area contributed by atoms with Gasteiger partial charge in [0.1, 0.15) is 18.1 Å². The molecule has 200 valence electrons. The van der Waals surface area contributed by atoms with Crippen LogP contribution in [-0.4, -0.2) is 48.2 Å². The standard InChI is InChI=1S/C25H19Cl3F3N3O3S/c1-38(36,37)16-5-2-4-14(10-16)15-8-9-21(19(28)11-15)34-12-20(24(35)32-13-25(29,30)31)33-23(34)22-17(26)6-3-7-18(22)27/h2-12,17,22H,13H2,1H3,(H,32,35). The van der Waals surface area contributed by atoms with Crippen molar-refractivity contribution in [2.24, 2.45) is 0 Å². The number of rotatable bonds is 6. The average molecular weight is 605 g/mol. The van der Waals surface area contributed by atoms with Crippen LogP contribution in [0.5, 0.6) is 0 Å². The van der Waals surface area contributed by atoms with Crippen LogP contribution in [0.3, 0.4) is 0 Å². The number of imidazole rings is 1. The molecule has 1 aliphatic rings. The minimum absolute atomic E-state index is 0.140. The van der Waals surface area contributed by atoms with E-state index in [1.807, 2.05) is 0 Å².